The summed E-state index contributed by atoms with van der Waals surface area (Å²) in [5.41, 5.74) is 2.95. The number of aryl methyl sites for hydroxylation is 1. The Labute approximate surface area is 137 Å². The molecule has 0 N–H and O–H groups in total. The number of benzene rings is 1. The molecule has 2 aromatic heterocycles. The number of aromatic nitrogens is 1. The maximum Gasteiger partial charge on any atom is 0.270 e. The lowest BCUT2D eigenvalue weighted by molar-refractivity contribution is -0.384. The maximum absolute atomic E-state index is 12.8. The van der Waals surface area contributed by atoms with Gasteiger partial charge < -0.3 is 4.42 Å². The van der Waals surface area contributed by atoms with Gasteiger partial charge in [-0.3, -0.25) is 19.9 Å². The predicted octanol–water partition coefficient (Wildman–Crippen LogP) is 4.35. The van der Waals surface area contributed by atoms with Crippen molar-refractivity contribution in [3.63, 3.8) is 0 Å². The zero-order chi connectivity index (χ0) is 17.2. The zero-order valence-corrected chi connectivity index (χ0v) is 13.7. The van der Waals surface area contributed by atoms with E-state index in [0.29, 0.717) is 46.0 Å². The summed E-state index contributed by atoms with van der Waals surface area (Å²) in [6, 6.07) is 4.47. The highest BCUT2D eigenvalue weighted by molar-refractivity contribution is 6.18. The molecule has 2 heterocycles. The third kappa shape index (κ3) is 2.02. The normalized spacial score (nSPS) is 16.5. The largest absolute Gasteiger partial charge is 0.454 e. The third-order valence-electron chi connectivity index (χ3n) is 4.62. The molecule has 0 aliphatic heterocycles. The van der Waals surface area contributed by atoms with Crippen LogP contribution in [0.4, 0.5) is 5.69 Å². The molecule has 1 aliphatic rings. The van der Waals surface area contributed by atoms with Crippen LogP contribution in [0.25, 0.3) is 21.9 Å². The number of nitro benzene ring substituents is 1. The highest BCUT2D eigenvalue weighted by Crippen LogP contribution is 2.41. The molecule has 0 unspecified atom stereocenters. The van der Waals surface area contributed by atoms with E-state index in [1.165, 1.54) is 12.1 Å². The summed E-state index contributed by atoms with van der Waals surface area (Å²) in [5.74, 6) is 0.0213. The molecule has 1 aliphatic carbocycles. The Morgan fingerprint density at radius 1 is 1.29 bits per heavy atom. The molecule has 6 heteroatoms. The number of hydrogen-bond acceptors (Lipinski definition) is 5. The summed E-state index contributed by atoms with van der Waals surface area (Å²) in [7, 11) is 0. The van der Waals surface area contributed by atoms with Gasteiger partial charge in [0.25, 0.3) is 5.69 Å². The average Bonchev–Trinajstić information content (AvgIpc) is 2.84. The number of nitro groups is 1. The molecule has 0 spiro atoms. The second kappa shape index (κ2) is 4.63. The van der Waals surface area contributed by atoms with Crippen molar-refractivity contribution in [2.45, 2.75) is 33.6 Å². The predicted molar refractivity (Wildman–Crippen MR) is 89.3 cm³/mol. The number of ketones is 1. The van der Waals surface area contributed by atoms with Crippen LogP contribution in [-0.2, 0) is 6.42 Å². The smallest absolute Gasteiger partial charge is 0.270 e. The first-order chi connectivity index (χ1) is 11.3. The van der Waals surface area contributed by atoms with Crippen molar-refractivity contribution in [1.29, 1.82) is 0 Å². The fraction of sp³-hybridized carbons (Fsp3) is 0.333. The molecule has 4 rings (SSSR count). The number of Topliss-reactive ketones (excluding diaryl/α,β-unsaturated/α-hetero) is 1. The number of non-ortho nitro benzene ring substituents is 1. The minimum atomic E-state index is -0.441. The van der Waals surface area contributed by atoms with Crippen LogP contribution in [0.5, 0.6) is 0 Å². The van der Waals surface area contributed by atoms with Gasteiger partial charge in [-0.25, -0.2) is 0 Å². The van der Waals surface area contributed by atoms with Crippen molar-refractivity contribution in [2.75, 3.05) is 0 Å². The van der Waals surface area contributed by atoms with Crippen LogP contribution < -0.4 is 0 Å². The van der Waals surface area contributed by atoms with Gasteiger partial charge in [-0.1, -0.05) is 13.8 Å². The Hall–Kier alpha value is -2.76. The Balaban J connectivity index is 2.15. The minimum absolute atomic E-state index is 0.0167. The molecule has 1 aromatic carbocycles. The SMILES string of the molecule is Cc1nc2c(c3c1oc1ccc([N+](=O)[O-])cc13)C(=O)CC(C)(C)C2. The second-order valence-corrected chi connectivity index (χ2v) is 7.20. The van der Waals surface area contributed by atoms with Gasteiger partial charge in [-0.2, -0.15) is 0 Å². The molecule has 0 atom stereocenters. The third-order valence-corrected chi connectivity index (χ3v) is 4.62. The highest BCUT2D eigenvalue weighted by Gasteiger charge is 2.35. The second-order valence-electron chi connectivity index (χ2n) is 7.20. The number of rotatable bonds is 1. The van der Waals surface area contributed by atoms with Crippen molar-refractivity contribution >= 4 is 33.4 Å². The molecule has 0 bridgehead atoms. The number of furan rings is 1. The lowest BCUT2D eigenvalue weighted by Gasteiger charge is -2.29. The van der Waals surface area contributed by atoms with Crippen LogP contribution in [0.15, 0.2) is 22.6 Å². The molecule has 0 radical (unpaired) electrons. The van der Waals surface area contributed by atoms with Crippen LogP contribution >= 0.6 is 0 Å². The van der Waals surface area contributed by atoms with Crippen molar-refractivity contribution in [3.8, 4) is 0 Å². The summed E-state index contributed by atoms with van der Waals surface area (Å²) in [4.78, 5) is 28.0. The minimum Gasteiger partial charge on any atom is -0.454 e. The van der Waals surface area contributed by atoms with Gasteiger partial charge in [-0.15, -0.1) is 0 Å². The van der Waals surface area contributed by atoms with Crippen LogP contribution in [0.3, 0.4) is 0 Å². The molecule has 24 heavy (non-hydrogen) atoms. The number of hydrogen-bond donors (Lipinski definition) is 0. The molecule has 122 valence electrons. The Bertz CT molecular complexity index is 1050. The van der Waals surface area contributed by atoms with E-state index in [4.69, 9.17) is 4.42 Å². The summed E-state index contributed by atoms with van der Waals surface area (Å²) in [6.07, 6.45) is 1.13. The fourth-order valence-corrected chi connectivity index (χ4v) is 3.62. The van der Waals surface area contributed by atoms with Gasteiger partial charge in [0.2, 0.25) is 0 Å². The van der Waals surface area contributed by atoms with Crippen molar-refractivity contribution in [2.24, 2.45) is 5.41 Å². The Morgan fingerprint density at radius 3 is 2.75 bits per heavy atom. The van der Waals surface area contributed by atoms with Crippen molar-refractivity contribution in [3.05, 3.63) is 45.3 Å². The van der Waals surface area contributed by atoms with Gasteiger partial charge in [0, 0.05) is 29.3 Å². The maximum atomic E-state index is 12.8. The lowest BCUT2D eigenvalue weighted by atomic mass is 9.74. The molecular weight excluding hydrogens is 308 g/mol. The summed E-state index contributed by atoms with van der Waals surface area (Å²) in [6.45, 7) is 5.94. The Morgan fingerprint density at radius 2 is 2.04 bits per heavy atom. The first-order valence-corrected chi connectivity index (χ1v) is 7.80. The zero-order valence-electron chi connectivity index (χ0n) is 13.7. The highest BCUT2D eigenvalue weighted by atomic mass is 16.6. The molecule has 6 nitrogen and oxygen atoms in total. The monoisotopic (exact) mass is 324 g/mol. The van der Waals surface area contributed by atoms with Gasteiger partial charge in [0.15, 0.2) is 11.4 Å². The topological polar surface area (TPSA) is 86.2 Å². The summed E-state index contributed by atoms with van der Waals surface area (Å²) in [5, 5.41) is 12.4. The first-order valence-electron chi connectivity index (χ1n) is 7.80. The number of pyridine rings is 1. The molecule has 0 saturated carbocycles. The number of fused-ring (bicyclic) bond motifs is 5. The van der Waals surface area contributed by atoms with E-state index in [1.807, 2.05) is 20.8 Å². The fourth-order valence-electron chi connectivity index (χ4n) is 3.62. The van der Waals surface area contributed by atoms with E-state index in [-0.39, 0.29) is 16.9 Å². The van der Waals surface area contributed by atoms with Gasteiger partial charge >= 0.3 is 0 Å². The number of nitrogens with zero attached hydrogens (tertiary/aromatic N) is 2. The summed E-state index contributed by atoms with van der Waals surface area (Å²) < 4.78 is 5.85. The van der Waals surface area contributed by atoms with E-state index < -0.39 is 4.92 Å². The quantitative estimate of drug-likeness (QED) is 0.490. The molecule has 0 fully saturated rings. The van der Waals surface area contributed by atoms with Crippen LogP contribution in [0.2, 0.25) is 0 Å². The van der Waals surface area contributed by atoms with E-state index in [2.05, 4.69) is 4.98 Å². The van der Waals surface area contributed by atoms with Gasteiger partial charge in [0.1, 0.15) is 5.58 Å². The van der Waals surface area contributed by atoms with E-state index in [0.717, 1.165) is 5.69 Å². The van der Waals surface area contributed by atoms with E-state index in [1.54, 1.807) is 6.07 Å². The van der Waals surface area contributed by atoms with Gasteiger partial charge in [0.05, 0.1) is 21.9 Å². The van der Waals surface area contributed by atoms with Gasteiger partial charge in [-0.05, 0) is 24.8 Å². The van der Waals surface area contributed by atoms with Crippen molar-refractivity contribution in [1.82, 2.24) is 4.98 Å². The van der Waals surface area contributed by atoms with E-state index >= 15 is 0 Å². The van der Waals surface area contributed by atoms with Crippen LogP contribution in [0.1, 0.15) is 42.0 Å². The molecular formula is C18H16N2O4. The lowest BCUT2D eigenvalue weighted by Crippen LogP contribution is -2.28. The van der Waals surface area contributed by atoms with Crippen molar-refractivity contribution < 1.29 is 14.1 Å². The van der Waals surface area contributed by atoms with Crippen LogP contribution in [0, 0.1) is 22.5 Å². The van der Waals surface area contributed by atoms with Crippen LogP contribution in [-0.4, -0.2) is 15.7 Å². The first kappa shape index (κ1) is 14.8. The number of carbonyl (C=O) groups excluding carboxylic acids is 1. The number of carbonyl (C=O) groups is 1. The summed E-state index contributed by atoms with van der Waals surface area (Å²) >= 11 is 0. The molecule has 0 amide bonds. The standard InChI is InChI=1S/C18H16N2O4/c1-9-17-15(11-6-10(20(22)23)4-5-14(11)24-17)16-12(19-9)7-18(2,3)8-13(16)21/h4-6H,7-8H2,1-3H3. The molecule has 3 aromatic rings. The Kier molecular flexibility index (Phi) is 2.85. The molecule has 0 saturated heterocycles. The average molecular weight is 324 g/mol. The van der Waals surface area contributed by atoms with E-state index in [9.17, 15) is 14.9 Å².